The van der Waals surface area contributed by atoms with E-state index in [-0.39, 0.29) is 0 Å². The van der Waals surface area contributed by atoms with Crippen molar-refractivity contribution >= 4 is 32.9 Å². The lowest BCUT2D eigenvalue weighted by Gasteiger charge is -2.06. The van der Waals surface area contributed by atoms with Crippen LogP contribution in [0.15, 0.2) is 28.7 Å². The van der Waals surface area contributed by atoms with Gasteiger partial charge in [0.05, 0.1) is 5.52 Å². The fourth-order valence-electron chi connectivity index (χ4n) is 1.76. The summed E-state index contributed by atoms with van der Waals surface area (Å²) in [7, 11) is 0. The number of para-hydroxylation sites is 1. The van der Waals surface area contributed by atoms with Crippen LogP contribution in [-0.2, 0) is 0 Å². The van der Waals surface area contributed by atoms with Crippen LogP contribution in [0.25, 0.3) is 17.0 Å². The average molecular weight is 250 g/mol. The van der Waals surface area contributed by atoms with Gasteiger partial charge in [-0.25, -0.2) is 0 Å². The number of fused-ring (bicyclic) bond motifs is 3. The van der Waals surface area contributed by atoms with E-state index in [1.54, 1.807) is 0 Å². The molecule has 0 radical (unpaired) electrons. The van der Waals surface area contributed by atoms with Gasteiger partial charge in [0, 0.05) is 15.4 Å². The van der Waals surface area contributed by atoms with Gasteiger partial charge in [-0.2, -0.15) is 0 Å². The molecule has 0 fully saturated rings. The molecule has 2 aromatic rings. The van der Waals surface area contributed by atoms with Gasteiger partial charge >= 0.3 is 0 Å². The zero-order chi connectivity index (χ0) is 9.54. The highest BCUT2D eigenvalue weighted by Gasteiger charge is 2.13. The first-order valence-corrected chi connectivity index (χ1v) is 5.25. The third-order valence-corrected chi connectivity index (χ3v) is 3.06. The molecule has 3 rings (SSSR count). The van der Waals surface area contributed by atoms with Crippen LogP contribution in [0.3, 0.4) is 0 Å². The lowest BCUT2D eigenvalue weighted by molar-refractivity contribution is 0.347. The lowest BCUT2D eigenvalue weighted by Crippen LogP contribution is -1.98. The average Bonchev–Trinajstić information content (AvgIpc) is 2.59. The van der Waals surface area contributed by atoms with Gasteiger partial charge in [-0.3, -0.25) is 0 Å². The van der Waals surface area contributed by atoms with Gasteiger partial charge in [0.15, 0.2) is 5.88 Å². The molecule has 0 atom stereocenters. The minimum Gasteiger partial charge on any atom is -0.474 e. The molecule has 1 aliphatic rings. The zero-order valence-corrected chi connectivity index (χ0v) is 8.97. The SMILES string of the molecule is Brc1cccc2c3c([nH]c12)OCC=C3. The van der Waals surface area contributed by atoms with Gasteiger partial charge in [0.25, 0.3) is 0 Å². The molecule has 14 heavy (non-hydrogen) atoms. The second-order valence-corrected chi connectivity index (χ2v) is 4.10. The summed E-state index contributed by atoms with van der Waals surface area (Å²) in [6.45, 7) is 0.650. The van der Waals surface area contributed by atoms with E-state index < -0.39 is 0 Å². The number of benzene rings is 1. The third kappa shape index (κ3) is 1.02. The van der Waals surface area contributed by atoms with Gasteiger partial charge < -0.3 is 9.72 Å². The Bertz CT molecular complexity index is 527. The molecule has 70 valence electrons. The molecule has 0 saturated heterocycles. The highest BCUT2D eigenvalue weighted by atomic mass is 79.9. The molecule has 0 spiro atoms. The number of hydrogen-bond donors (Lipinski definition) is 1. The Morgan fingerprint density at radius 3 is 3.21 bits per heavy atom. The minimum absolute atomic E-state index is 0.650. The second-order valence-electron chi connectivity index (χ2n) is 3.24. The summed E-state index contributed by atoms with van der Waals surface area (Å²) in [6.07, 6.45) is 4.13. The normalized spacial score (nSPS) is 14.1. The number of aromatic amines is 1. The maximum Gasteiger partial charge on any atom is 0.199 e. The summed E-state index contributed by atoms with van der Waals surface area (Å²) in [5.74, 6) is 0.870. The Balaban J connectivity index is 2.43. The fraction of sp³-hybridized carbons (Fsp3) is 0.0909. The monoisotopic (exact) mass is 249 g/mol. The van der Waals surface area contributed by atoms with Crippen LogP contribution < -0.4 is 4.74 Å². The van der Waals surface area contributed by atoms with Crippen molar-refractivity contribution in [2.24, 2.45) is 0 Å². The first-order chi connectivity index (χ1) is 6.86. The molecule has 2 heterocycles. The second kappa shape index (κ2) is 2.89. The molecule has 0 saturated carbocycles. The van der Waals surface area contributed by atoms with E-state index >= 15 is 0 Å². The molecule has 2 nitrogen and oxygen atoms in total. The molecule has 0 aliphatic carbocycles. The van der Waals surface area contributed by atoms with Gasteiger partial charge in [-0.05, 0) is 34.1 Å². The fourth-order valence-corrected chi connectivity index (χ4v) is 2.22. The van der Waals surface area contributed by atoms with Gasteiger partial charge in [0.1, 0.15) is 6.61 Å². The van der Waals surface area contributed by atoms with Gasteiger partial charge in [-0.15, -0.1) is 0 Å². The van der Waals surface area contributed by atoms with Gasteiger partial charge in [-0.1, -0.05) is 12.1 Å². The maximum absolute atomic E-state index is 5.50. The van der Waals surface area contributed by atoms with E-state index in [9.17, 15) is 0 Å². The van der Waals surface area contributed by atoms with E-state index in [1.165, 1.54) is 5.39 Å². The van der Waals surface area contributed by atoms with Crippen LogP contribution in [0.2, 0.25) is 0 Å². The van der Waals surface area contributed by atoms with Crippen molar-refractivity contribution in [3.8, 4) is 5.88 Å². The number of hydrogen-bond acceptors (Lipinski definition) is 1. The number of nitrogens with one attached hydrogen (secondary N) is 1. The summed E-state index contributed by atoms with van der Waals surface area (Å²) in [5, 5.41) is 1.20. The first-order valence-electron chi connectivity index (χ1n) is 4.46. The van der Waals surface area contributed by atoms with E-state index in [0.717, 1.165) is 21.4 Å². The van der Waals surface area contributed by atoms with E-state index in [2.05, 4.69) is 33.1 Å². The highest BCUT2D eigenvalue weighted by molar-refractivity contribution is 9.10. The lowest BCUT2D eigenvalue weighted by atomic mass is 10.1. The standard InChI is InChI=1S/C11H8BrNO/c12-9-5-1-3-7-8-4-2-6-14-11(8)13-10(7)9/h1-5,13H,6H2. The Hall–Kier alpha value is -1.22. The number of rotatable bonds is 0. The summed E-state index contributed by atoms with van der Waals surface area (Å²) in [5.41, 5.74) is 2.25. The number of aromatic nitrogens is 1. The molecule has 1 aromatic heterocycles. The smallest absolute Gasteiger partial charge is 0.199 e. The van der Waals surface area contributed by atoms with Gasteiger partial charge in [0.2, 0.25) is 0 Å². The third-order valence-electron chi connectivity index (χ3n) is 2.40. The molecular formula is C11H8BrNO. The van der Waals surface area contributed by atoms with Crippen LogP contribution in [-0.4, -0.2) is 11.6 Å². The molecule has 1 aliphatic heterocycles. The quantitative estimate of drug-likeness (QED) is 0.762. The molecule has 0 unspecified atom stereocenters. The molecule has 1 aromatic carbocycles. The number of halogens is 1. The molecule has 0 amide bonds. The zero-order valence-electron chi connectivity index (χ0n) is 7.38. The van der Waals surface area contributed by atoms with Crippen LogP contribution in [0.1, 0.15) is 5.56 Å². The molecule has 1 N–H and O–H groups in total. The van der Waals surface area contributed by atoms with E-state index in [4.69, 9.17) is 4.74 Å². The maximum atomic E-state index is 5.50. The molecular weight excluding hydrogens is 242 g/mol. The summed E-state index contributed by atoms with van der Waals surface area (Å²) < 4.78 is 6.57. The Kier molecular flexibility index (Phi) is 1.67. The number of H-pyrrole nitrogens is 1. The van der Waals surface area contributed by atoms with Crippen LogP contribution in [0, 0.1) is 0 Å². The minimum atomic E-state index is 0.650. The molecule has 3 heteroatoms. The van der Waals surface area contributed by atoms with Crippen molar-refractivity contribution in [3.05, 3.63) is 34.3 Å². The summed E-state index contributed by atoms with van der Waals surface area (Å²) in [4.78, 5) is 3.26. The topological polar surface area (TPSA) is 25.0 Å². The summed E-state index contributed by atoms with van der Waals surface area (Å²) in [6, 6.07) is 6.14. The Morgan fingerprint density at radius 2 is 2.29 bits per heavy atom. The predicted octanol–water partition coefficient (Wildman–Crippen LogP) is 3.34. The largest absolute Gasteiger partial charge is 0.474 e. The van der Waals surface area contributed by atoms with Crippen molar-refractivity contribution in [2.75, 3.05) is 6.61 Å². The molecule has 0 bridgehead atoms. The van der Waals surface area contributed by atoms with Crippen LogP contribution in [0.5, 0.6) is 5.88 Å². The number of ether oxygens (including phenoxy) is 1. The van der Waals surface area contributed by atoms with Crippen molar-refractivity contribution in [1.29, 1.82) is 0 Å². The van der Waals surface area contributed by atoms with Crippen molar-refractivity contribution in [3.63, 3.8) is 0 Å². The van der Waals surface area contributed by atoms with E-state index in [1.807, 2.05) is 18.2 Å². The van der Waals surface area contributed by atoms with Crippen LogP contribution in [0.4, 0.5) is 0 Å². The first kappa shape index (κ1) is 8.12. The van der Waals surface area contributed by atoms with E-state index in [0.29, 0.717) is 6.61 Å². The Morgan fingerprint density at radius 1 is 1.36 bits per heavy atom. The summed E-state index contributed by atoms with van der Waals surface area (Å²) >= 11 is 3.51. The predicted molar refractivity (Wildman–Crippen MR) is 60.5 cm³/mol. The van der Waals surface area contributed by atoms with Crippen molar-refractivity contribution in [1.82, 2.24) is 4.98 Å². The van der Waals surface area contributed by atoms with Crippen molar-refractivity contribution < 1.29 is 4.74 Å². The Labute approximate surface area is 89.7 Å². The van der Waals surface area contributed by atoms with Crippen molar-refractivity contribution in [2.45, 2.75) is 0 Å². The van der Waals surface area contributed by atoms with Crippen LogP contribution >= 0.6 is 15.9 Å². The highest BCUT2D eigenvalue weighted by Crippen LogP contribution is 2.34.